The van der Waals surface area contributed by atoms with E-state index in [0.717, 1.165) is 12.3 Å². The van der Waals surface area contributed by atoms with Crippen molar-refractivity contribution in [2.45, 2.75) is 65.7 Å². The van der Waals surface area contributed by atoms with Crippen LogP contribution in [0.5, 0.6) is 0 Å². The molecule has 0 spiro atoms. The van der Waals surface area contributed by atoms with Crippen LogP contribution in [0.3, 0.4) is 0 Å². The smallest absolute Gasteiger partial charge is 0.0897 e. The minimum atomic E-state index is -0.399. The molecule has 98 valence electrons. The molecule has 0 amide bonds. The van der Waals surface area contributed by atoms with Crippen molar-refractivity contribution >= 4 is 0 Å². The Kier molecular flexibility index (Phi) is 8.90. The van der Waals surface area contributed by atoms with Crippen molar-refractivity contribution in [2.24, 2.45) is 5.92 Å². The van der Waals surface area contributed by atoms with Crippen molar-refractivity contribution in [3.8, 4) is 0 Å². The number of rotatable bonds is 9. The molecule has 0 aromatic heterocycles. The van der Waals surface area contributed by atoms with Crippen LogP contribution in [0, 0.1) is 5.92 Å². The van der Waals surface area contributed by atoms with Crippen LogP contribution >= 0.6 is 0 Å². The second kappa shape index (κ2) is 8.97. The lowest BCUT2D eigenvalue weighted by atomic mass is 10.0. The Morgan fingerprint density at radius 2 is 1.69 bits per heavy atom. The van der Waals surface area contributed by atoms with Crippen molar-refractivity contribution in [3.05, 3.63) is 0 Å². The van der Waals surface area contributed by atoms with Gasteiger partial charge in [-0.25, -0.2) is 0 Å². The molecule has 0 saturated heterocycles. The van der Waals surface area contributed by atoms with E-state index in [1.54, 1.807) is 0 Å². The van der Waals surface area contributed by atoms with E-state index < -0.39 is 6.10 Å². The molecule has 0 rings (SSSR count). The number of hydrogen-bond acceptors (Lipinski definition) is 3. The molecule has 0 aromatic carbocycles. The predicted octanol–water partition coefficient (Wildman–Crippen LogP) is 2.19. The number of ether oxygens (including phenoxy) is 1. The Balaban J connectivity index is 3.47. The van der Waals surface area contributed by atoms with Crippen LogP contribution in [0.15, 0.2) is 0 Å². The molecule has 0 heterocycles. The maximum Gasteiger partial charge on any atom is 0.0897 e. The van der Waals surface area contributed by atoms with Gasteiger partial charge in [-0.15, -0.1) is 0 Å². The molecule has 2 atom stereocenters. The molecule has 0 radical (unpaired) electrons. The summed E-state index contributed by atoms with van der Waals surface area (Å²) in [6.07, 6.45) is 2.18. The summed E-state index contributed by atoms with van der Waals surface area (Å²) in [5, 5.41) is 13.0. The van der Waals surface area contributed by atoms with Crippen molar-refractivity contribution in [2.75, 3.05) is 13.2 Å². The normalized spacial score (nSPS) is 15.8. The van der Waals surface area contributed by atoms with Crippen LogP contribution in [0.2, 0.25) is 0 Å². The van der Waals surface area contributed by atoms with E-state index in [2.05, 4.69) is 26.1 Å². The minimum absolute atomic E-state index is 0.188. The largest absolute Gasteiger partial charge is 0.389 e. The van der Waals surface area contributed by atoms with Gasteiger partial charge in [0.15, 0.2) is 0 Å². The molecule has 3 heteroatoms. The lowest BCUT2D eigenvalue weighted by Gasteiger charge is -2.18. The van der Waals surface area contributed by atoms with Gasteiger partial charge in [-0.2, -0.15) is 0 Å². The van der Waals surface area contributed by atoms with Crippen LogP contribution in [-0.2, 0) is 4.74 Å². The van der Waals surface area contributed by atoms with Crippen LogP contribution < -0.4 is 5.32 Å². The number of hydrogen-bond donors (Lipinski definition) is 2. The van der Waals surface area contributed by atoms with Gasteiger partial charge in [0.2, 0.25) is 0 Å². The van der Waals surface area contributed by atoms with E-state index in [0.29, 0.717) is 19.2 Å². The van der Waals surface area contributed by atoms with Gasteiger partial charge in [-0.3, -0.25) is 0 Å². The molecule has 0 aromatic rings. The maximum atomic E-state index is 9.64. The van der Waals surface area contributed by atoms with Crippen molar-refractivity contribution in [1.82, 2.24) is 5.32 Å². The third-order valence-electron chi connectivity index (χ3n) is 2.50. The van der Waals surface area contributed by atoms with E-state index in [-0.39, 0.29) is 6.10 Å². The van der Waals surface area contributed by atoms with E-state index >= 15 is 0 Å². The first kappa shape index (κ1) is 15.9. The zero-order valence-electron chi connectivity index (χ0n) is 11.5. The number of nitrogens with one attached hydrogen (secondary N) is 1. The Hall–Kier alpha value is -0.120. The second-order valence-corrected chi connectivity index (χ2v) is 5.32. The van der Waals surface area contributed by atoms with E-state index in [4.69, 9.17) is 4.74 Å². The molecule has 0 aliphatic carbocycles. The van der Waals surface area contributed by atoms with E-state index in [1.807, 2.05) is 13.8 Å². The van der Waals surface area contributed by atoms with Crippen LogP contribution in [-0.4, -0.2) is 36.5 Å². The molecular formula is C13H29NO2. The quantitative estimate of drug-likeness (QED) is 0.639. The molecule has 3 nitrogen and oxygen atoms in total. The maximum absolute atomic E-state index is 9.64. The van der Waals surface area contributed by atoms with Gasteiger partial charge in [0, 0.05) is 12.6 Å². The fourth-order valence-electron chi connectivity index (χ4n) is 1.39. The summed E-state index contributed by atoms with van der Waals surface area (Å²) in [4.78, 5) is 0. The van der Waals surface area contributed by atoms with Crippen molar-refractivity contribution in [3.63, 3.8) is 0 Å². The molecule has 0 aliphatic rings. The molecule has 2 N–H and O–H groups in total. The highest BCUT2D eigenvalue weighted by Gasteiger charge is 2.08. The Labute approximate surface area is 101 Å². The average molecular weight is 231 g/mol. The van der Waals surface area contributed by atoms with Crippen LogP contribution in [0.1, 0.15) is 47.5 Å². The van der Waals surface area contributed by atoms with E-state index in [1.165, 1.54) is 6.42 Å². The van der Waals surface area contributed by atoms with Gasteiger partial charge < -0.3 is 15.2 Å². The highest BCUT2D eigenvalue weighted by Crippen LogP contribution is 2.06. The molecule has 16 heavy (non-hydrogen) atoms. The molecular weight excluding hydrogens is 202 g/mol. The fraction of sp³-hybridized carbons (Fsp3) is 1.00. The predicted molar refractivity (Wildman–Crippen MR) is 68.6 cm³/mol. The molecule has 0 bridgehead atoms. The Bertz CT molecular complexity index is 142. The van der Waals surface area contributed by atoms with Crippen molar-refractivity contribution < 1.29 is 9.84 Å². The second-order valence-electron chi connectivity index (χ2n) is 5.32. The van der Waals surface area contributed by atoms with Gasteiger partial charge >= 0.3 is 0 Å². The lowest BCUT2D eigenvalue weighted by Crippen LogP contribution is -2.36. The summed E-state index contributed by atoms with van der Waals surface area (Å²) < 4.78 is 5.34. The summed E-state index contributed by atoms with van der Waals surface area (Å²) in [5.74, 6) is 0.749. The molecule has 0 aliphatic heterocycles. The topological polar surface area (TPSA) is 41.5 Å². The standard InChI is InChI=1S/C13H29NO2/c1-10(2)6-7-12(5)14-8-13(15)9-16-11(3)4/h10-15H,6-9H2,1-5H3. The fourth-order valence-corrected chi connectivity index (χ4v) is 1.39. The first-order valence-electron chi connectivity index (χ1n) is 6.44. The number of aliphatic hydroxyl groups is 1. The summed E-state index contributed by atoms with van der Waals surface area (Å²) in [6, 6.07) is 0.469. The van der Waals surface area contributed by atoms with Crippen LogP contribution in [0.4, 0.5) is 0 Å². The molecule has 2 unspecified atom stereocenters. The SMILES string of the molecule is CC(C)CCC(C)NCC(O)COC(C)C. The highest BCUT2D eigenvalue weighted by molar-refractivity contribution is 4.66. The van der Waals surface area contributed by atoms with Gasteiger partial charge in [-0.05, 0) is 39.5 Å². The minimum Gasteiger partial charge on any atom is -0.389 e. The summed E-state index contributed by atoms with van der Waals surface area (Å²) in [6.45, 7) is 11.6. The third-order valence-corrected chi connectivity index (χ3v) is 2.50. The van der Waals surface area contributed by atoms with Crippen LogP contribution in [0.25, 0.3) is 0 Å². The highest BCUT2D eigenvalue weighted by atomic mass is 16.5. The Morgan fingerprint density at radius 3 is 2.19 bits per heavy atom. The zero-order chi connectivity index (χ0) is 12.6. The summed E-state index contributed by atoms with van der Waals surface area (Å²) in [5.41, 5.74) is 0. The van der Waals surface area contributed by atoms with Crippen molar-refractivity contribution in [1.29, 1.82) is 0 Å². The Morgan fingerprint density at radius 1 is 1.06 bits per heavy atom. The monoisotopic (exact) mass is 231 g/mol. The molecule has 0 saturated carbocycles. The van der Waals surface area contributed by atoms with Gasteiger partial charge in [-0.1, -0.05) is 13.8 Å². The van der Waals surface area contributed by atoms with Gasteiger partial charge in [0.1, 0.15) is 0 Å². The summed E-state index contributed by atoms with van der Waals surface area (Å²) in [7, 11) is 0. The number of aliphatic hydroxyl groups excluding tert-OH is 1. The lowest BCUT2D eigenvalue weighted by molar-refractivity contribution is 0.00551. The van der Waals surface area contributed by atoms with E-state index in [9.17, 15) is 5.11 Å². The third kappa shape index (κ3) is 10.4. The summed E-state index contributed by atoms with van der Waals surface area (Å²) >= 11 is 0. The average Bonchev–Trinajstić information content (AvgIpc) is 2.20. The zero-order valence-corrected chi connectivity index (χ0v) is 11.5. The molecule has 0 fully saturated rings. The first-order valence-corrected chi connectivity index (χ1v) is 6.44. The van der Waals surface area contributed by atoms with Gasteiger partial charge in [0.05, 0.1) is 18.8 Å². The van der Waals surface area contributed by atoms with Gasteiger partial charge in [0.25, 0.3) is 0 Å². The first-order chi connectivity index (χ1) is 7.41.